The molecule has 21 heavy (non-hydrogen) atoms. The molecule has 0 bridgehead atoms. The van der Waals surface area contributed by atoms with Crippen molar-refractivity contribution in [2.24, 2.45) is 0 Å². The van der Waals surface area contributed by atoms with E-state index in [0.717, 1.165) is 22.6 Å². The van der Waals surface area contributed by atoms with Gasteiger partial charge in [0.2, 0.25) is 0 Å². The zero-order valence-electron chi connectivity index (χ0n) is 11.7. The number of rotatable bonds is 4. The Hall–Kier alpha value is -2.49. The summed E-state index contributed by atoms with van der Waals surface area (Å²) in [5, 5.41) is 0. The highest BCUT2D eigenvalue weighted by Crippen LogP contribution is 2.28. The molecule has 1 unspecified atom stereocenters. The van der Waals surface area contributed by atoms with Crippen LogP contribution in [-0.2, 0) is 22.6 Å². The van der Waals surface area contributed by atoms with Gasteiger partial charge in [0.15, 0.2) is 6.10 Å². The third-order valence-corrected chi connectivity index (χ3v) is 3.43. The van der Waals surface area contributed by atoms with Crippen LogP contribution in [0.1, 0.15) is 11.1 Å². The molecule has 0 saturated carbocycles. The van der Waals surface area contributed by atoms with Crippen molar-refractivity contribution in [3.63, 3.8) is 0 Å². The molecule has 4 nitrogen and oxygen atoms in total. The number of fused-ring (bicyclic) bond motifs is 1. The van der Waals surface area contributed by atoms with Gasteiger partial charge in [0, 0.05) is 6.42 Å². The Balaban J connectivity index is 1.58. The second kappa shape index (κ2) is 5.87. The summed E-state index contributed by atoms with van der Waals surface area (Å²) in [5.74, 6) is 1.17. The molecule has 0 fully saturated rings. The highest BCUT2D eigenvalue weighted by atomic mass is 16.6. The molecular weight excluding hydrogens is 268 g/mol. The highest BCUT2D eigenvalue weighted by molar-refractivity contribution is 5.76. The monoisotopic (exact) mass is 284 g/mol. The van der Waals surface area contributed by atoms with Gasteiger partial charge >= 0.3 is 5.97 Å². The largest absolute Gasteiger partial charge is 0.497 e. The summed E-state index contributed by atoms with van der Waals surface area (Å²) in [4.78, 5) is 12.1. The molecule has 1 aliphatic heterocycles. The fraction of sp³-hybridized carbons (Fsp3) is 0.235. The van der Waals surface area contributed by atoms with Gasteiger partial charge in [-0.1, -0.05) is 30.3 Å². The van der Waals surface area contributed by atoms with Crippen LogP contribution in [0.5, 0.6) is 11.5 Å². The van der Waals surface area contributed by atoms with Crippen LogP contribution >= 0.6 is 0 Å². The van der Waals surface area contributed by atoms with Crippen LogP contribution in [0.2, 0.25) is 0 Å². The molecule has 2 aromatic carbocycles. The summed E-state index contributed by atoms with van der Waals surface area (Å²) in [7, 11) is 1.61. The van der Waals surface area contributed by atoms with Crippen molar-refractivity contribution < 1.29 is 19.0 Å². The zero-order chi connectivity index (χ0) is 14.7. The molecule has 0 N–H and O–H groups in total. The van der Waals surface area contributed by atoms with Gasteiger partial charge in [-0.25, -0.2) is 4.79 Å². The van der Waals surface area contributed by atoms with Crippen molar-refractivity contribution in [2.45, 2.75) is 19.1 Å². The molecule has 0 saturated heterocycles. The minimum Gasteiger partial charge on any atom is -0.497 e. The third kappa shape index (κ3) is 2.99. The molecule has 4 heteroatoms. The minimum atomic E-state index is -0.548. The maximum Gasteiger partial charge on any atom is 0.348 e. The number of hydrogen-bond acceptors (Lipinski definition) is 4. The summed E-state index contributed by atoms with van der Waals surface area (Å²) in [6.45, 7) is 0.215. The number of carbonyl (C=O) groups excluding carboxylic acids is 1. The average Bonchev–Trinajstić information content (AvgIpc) is 2.97. The number of ether oxygens (including phenoxy) is 3. The van der Waals surface area contributed by atoms with E-state index < -0.39 is 6.10 Å². The molecule has 1 atom stereocenters. The SMILES string of the molecule is COc1cccc(COC(=O)C2Cc3ccccc3O2)c1. The lowest BCUT2D eigenvalue weighted by Crippen LogP contribution is -2.27. The highest BCUT2D eigenvalue weighted by Gasteiger charge is 2.30. The molecule has 108 valence electrons. The average molecular weight is 284 g/mol. The van der Waals surface area contributed by atoms with Gasteiger partial charge in [0.1, 0.15) is 18.1 Å². The maximum absolute atomic E-state index is 12.1. The first kappa shape index (κ1) is 13.5. The van der Waals surface area contributed by atoms with Crippen LogP contribution in [0.3, 0.4) is 0 Å². The van der Waals surface area contributed by atoms with Crippen LogP contribution < -0.4 is 9.47 Å². The molecule has 0 spiro atoms. The summed E-state index contributed by atoms with van der Waals surface area (Å²) < 4.78 is 16.1. The predicted molar refractivity (Wildman–Crippen MR) is 77.4 cm³/mol. The van der Waals surface area contributed by atoms with Crippen molar-refractivity contribution in [3.05, 3.63) is 59.7 Å². The van der Waals surface area contributed by atoms with Gasteiger partial charge in [-0.2, -0.15) is 0 Å². The summed E-state index contributed by atoms with van der Waals surface area (Å²) >= 11 is 0. The van der Waals surface area contributed by atoms with Crippen molar-refractivity contribution in [2.75, 3.05) is 7.11 Å². The number of esters is 1. The van der Waals surface area contributed by atoms with E-state index >= 15 is 0 Å². The molecule has 1 aliphatic rings. The Labute approximate surface area is 123 Å². The van der Waals surface area contributed by atoms with Gasteiger partial charge in [-0.3, -0.25) is 0 Å². The zero-order valence-corrected chi connectivity index (χ0v) is 11.7. The fourth-order valence-corrected chi connectivity index (χ4v) is 2.32. The van der Waals surface area contributed by atoms with Gasteiger partial charge in [-0.15, -0.1) is 0 Å². The number of carbonyl (C=O) groups is 1. The number of para-hydroxylation sites is 1. The number of benzene rings is 2. The molecule has 1 heterocycles. The Bertz CT molecular complexity index is 626. The van der Waals surface area contributed by atoms with Crippen LogP contribution in [0.25, 0.3) is 0 Å². The first-order valence-electron chi connectivity index (χ1n) is 6.80. The van der Waals surface area contributed by atoms with Crippen molar-refractivity contribution in [1.29, 1.82) is 0 Å². The quantitative estimate of drug-likeness (QED) is 0.810. The molecule has 0 aliphatic carbocycles. The molecule has 0 amide bonds. The Morgan fingerprint density at radius 3 is 2.90 bits per heavy atom. The third-order valence-electron chi connectivity index (χ3n) is 3.43. The van der Waals surface area contributed by atoms with Crippen LogP contribution in [0, 0.1) is 0 Å². The van der Waals surface area contributed by atoms with Crippen LogP contribution in [-0.4, -0.2) is 19.2 Å². The van der Waals surface area contributed by atoms with Crippen molar-refractivity contribution >= 4 is 5.97 Å². The van der Waals surface area contributed by atoms with Crippen LogP contribution in [0.4, 0.5) is 0 Å². The Kier molecular flexibility index (Phi) is 3.77. The predicted octanol–water partition coefficient (Wildman–Crippen LogP) is 2.74. The smallest absolute Gasteiger partial charge is 0.348 e. The fourth-order valence-electron chi connectivity index (χ4n) is 2.32. The van der Waals surface area contributed by atoms with E-state index in [4.69, 9.17) is 14.2 Å². The first-order valence-corrected chi connectivity index (χ1v) is 6.80. The standard InChI is InChI=1S/C17H16O4/c1-19-14-7-4-5-12(9-14)11-20-17(18)16-10-13-6-2-3-8-15(13)21-16/h2-9,16H,10-11H2,1H3. The van der Waals surface area contributed by atoms with Crippen molar-refractivity contribution in [1.82, 2.24) is 0 Å². The summed E-state index contributed by atoms with van der Waals surface area (Å²) in [5.41, 5.74) is 1.93. The number of hydrogen-bond donors (Lipinski definition) is 0. The molecule has 0 radical (unpaired) electrons. The molecule has 0 aromatic heterocycles. The Morgan fingerprint density at radius 1 is 1.24 bits per heavy atom. The van der Waals surface area contributed by atoms with E-state index in [9.17, 15) is 4.79 Å². The first-order chi connectivity index (χ1) is 10.3. The van der Waals surface area contributed by atoms with E-state index in [-0.39, 0.29) is 12.6 Å². The van der Waals surface area contributed by atoms with E-state index in [2.05, 4.69) is 0 Å². The second-order valence-electron chi connectivity index (χ2n) is 4.88. The van der Waals surface area contributed by atoms with E-state index in [1.807, 2.05) is 48.5 Å². The maximum atomic E-state index is 12.1. The van der Waals surface area contributed by atoms with E-state index in [1.54, 1.807) is 7.11 Å². The topological polar surface area (TPSA) is 44.8 Å². The number of methoxy groups -OCH3 is 1. The lowest BCUT2D eigenvalue weighted by atomic mass is 10.1. The van der Waals surface area contributed by atoms with E-state index in [1.165, 1.54) is 0 Å². The van der Waals surface area contributed by atoms with Gasteiger partial charge in [0.05, 0.1) is 7.11 Å². The Morgan fingerprint density at radius 2 is 2.10 bits per heavy atom. The summed E-state index contributed by atoms with van der Waals surface area (Å²) in [6, 6.07) is 15.1. The molecule has 2 aromatic rings. The van der Waals surface area contributed by atoms with Crippen LogP contribution in [0.15, 0.2) is 48.5 Å². The lowest BCUT2D eigenvalue weighted by molar-refractivity contribution is -0.152. The van der Waals surface area contributed by atoms with Gasteiger partial charge in [-0.05, 0) is 29.3 Å². The van der Waals surface area contributed by atoms with Gasteiger partial charge in [0.25, 0.3) is 0 Å². The van der Waals surface area contributed by atoms with Crippen molar-refractivity contribution in [3.8, 4) is 11.5 Å². The van der Waals surface area contributed by atoms with E-state index in [0.29, 0.717) is 6.42 Å². The van der Waals surface area contributed by atoms with Gasteiger partial charge < -0.3 is 14.2 Å². The molecule has 3 rings (SSSR count). The normalized spacial score (nSPS) is 16.0. The molecular formula is C17H16O4. The second-order valence-corrected chi connectivity index (χ2v) is 4.88. The lowest BCUT2D eigenvalue weighted by Gasteiger charge is -2.11. The minimum absolute atomic E-state index is 0.215. The summed E-state index contributed by atoms with van der Waals surface area (Å²) in [6.07, 6.45) is 0.0145.